The van der Waals surface area contributed by atoms with Gasteiger partial charge in [0.2, 0.25) is 0 Å². The molecule has 0 aliphatic carbocycles. The molecule has 4 nitrogen and oxygen atoms in total. The Bertz CT molecular complexity index is 919. The van der Waals surface area contributed by atoms with E-state index in [1.807, 2.05) is 37.3 Å². The van der Waals surface area contributed by atoms with Gasteiger partial charge in [0.05, 0.1) is 11.3 Å². The van der Waals surface area contributed by atoms with Gasteiger partial charge in [-0.1, -0.05) is 49.4 Å². The summed E-state index contributed by atoms with van der Waals surface area (Å²) in [6, 6.07) is 22.7. The summed E-state index contributed by atoms with van der Waals surface area (Å²) < 4.78 is 10.1. The molecule has 0 amide bonds. The number of ether oxygens (including phenoxy) is 2. The molecule has 0 saturated heterocycles. The minimum absolute atomic E-state index is 0. The summed E-state index contributed by atoms with van der Waals surface area (Å²) >= 11 is 0. The Balaban J connectivity index is 0.00000280. The Morgan fingerprint density at radius 1 is 0.786 bits per heavy atom. The van der Waals surface area contributed by atoms with E-state index in [-0.39, 0.29) is 44.4 Å². The van der Waals surface area contributed by atoms with Crippen LogP contribution in [-0.4, -0.2) is 11.8 Å². The van der Waals surface area contributed by atoms with Crippen molar-refractivity contribution >= 4 is 11.8 Å². The van der Waals surface area contributed by atoms with Crippen molar-refractivity contribution in [1.29, 1.82) is 0 Å². The number of carbonyl (C=O) groups excluding carboxylic acids is 2. The SMILES string of the molecule is [CH2-]Oc1ccc(OC(=O)c2ccc(C(=O)[C@@H](C)c3ccccc3)cc2)cc1.[Y]. The topological polar surface area (TPSA) is 52.6 Å². The maximum absolute atomic E-state index is 12.6. The fraction of sp³-hybridized carbons (Fsp3) is 0.0870. The van der Waals surface area contributed by atoms with E-state index in [1.54, 1.807) is 48.5 Å². The minimum Gasteiger partial charge on any atom is -0.665 e. The molecule has 28 heavy (non-hydrogen) atoms. The maximum atomic E-state index is 12.6. The maximum Gasteiger partial charge on any atom is 0.343 e. The molecule has 3 aromatic rings. The van der Waals surface area contributed by atoms with Crippen molar-refractivity contribution in [2.75, 3.05) is 0 Å². The second-order valence-electron chi connectivity index (χ2n) is 6.08. The van der Waals surface area contributed by atoms with Crippen LogP contribution in [0, 0.1) is 7.11 Å². The molecule has 0 bridgehead atoms. The van der Waals surface area contributed by atoms with Crippen LogP contribution in [0.25, 0.3) is 0 Å². The van der Waals surface area contributed by atoms with E-state index in [9.17, 15) is 9.59 Å². The van der Waals surface area contributed by atoms with Gasteiger partial charge < -0.3 is 9.47 Å². The zero-order chi connectivity index (χ0) is 19.2. The summed E-state index contributed by atoms with van der Waals surface area (Å²) in [6.45, 7) is 1.87. The van der Waals surface area contributed by atoms with Gasteiger partial charge in [0, 0.05) is 44.2 Å². The molecule has 0 saturated carbocycles. The van der Waals surface area contributed by atoms with Crippen LogP contribution in [0.1, 0.15) is 39.1 Å². The van der Waals surface area contributed by atoms with Crippen molar-refractivity contribution < 1.29 is 51.8 Å². The van der Waals surface area contributed by atoms with E-state index in [4.69, 9.17) is 9.47 Å². The third-order valence-electron chi connectivity index (χ3n) is 4.30. The first-order valence-electron chi connectivity index (χ1n) is 8.52. The van der Waals surface area contributed by atoms with Crippen molar-refractivity contribution in [2.45, 2.75) is 12.8 Å². The van der Waals surface area contributed by atoms with Crippen LogP contribution in [0.5, 0.6) is 11.5 Å². The Morgan fingerprint density at radius 3 is 1.89 bits per heavy atom. The van der Waals surface area contributed by atoms with Crippen molar-refractivity contribution in [3.63, 3.8) is 0 Å². The third kappa shape index (κ3) is 5.37. The largest absolute Gasteiger partial charge is 0.665 e. The first-order chi connectivity index (χ1) is 13.1. The molecule has 0 heterocycles. The number of benzene rings is 3. The number of hydrogen-bond acceptors (Lipinski definition) is 4. The fourth-order valence-corrected chi connectivity index (χ4v) is 2.68. The van der Waals surface area contributed by atoms with E-state index >= 15 is 0 Å². The van der Waals surface area contributed by atoms with Crippen LogP contribution in [-0.2, 0) is 32.7 Å². The van der Waals surface area contributed by atoms with Crippen molar-refractivity contribution in [2.24, 2.45) is 0 Å². The fourth-order valence-electron chi connectivity index (χ4n) is 2.68. The molecule has 0 N–H and O–H groups in total. The van der Waals surface area contributed by atoms with Gasteiger partial charge in [-0.25, -0.2) is 4.79 Å². The molecule has 3 rings (SSSR count). The predicted octanol–water partition coefficient (Wildman–Crippen LogP) is 5.06. The molecule has 5 heteroatoms. The Morgan fingerprint density at radius 2 is 1.32 bits per heavy atom. The number of carbonyl (C=O) groups is 2. The van der Waals surface area contributed by atoms with Gasteiger partial charge in [-0.3, -0.25) is 4.79 Å². The zero-order valence-corrected chi connectivity index (χ0v) is 18.3. The molecular formula is C23H19O4Y-. The van der Waals surface area contributed by atoms with Crippen molar-refractivity contribution in [3.8, 4) is 11.5 Å². The van der Waals surface area contributed by atoms with Crippen LogP contribution in [0.15, 0.2) is 78.9 Å². The summed E-state index contributed by atoms with van der Waals surface area (Å²) in [5, 5.41) is 0. The average Bonchev–Trinajstić information content (AvgIpc) is 2.74. The second-order valence-corrected chi connectivity index (χ2v) is 6.08. The summed E-state index contributed by atoms with van der Waals surface area (Å²) in [5.74, 6) is 0.236. The number of ketones is 1. The molecule has 3 aromatic carbocycles. The van der Waals surface area contributed by atoms with E-state index in [1.165, 1.54) is 0 Å². The van der Waals surface area contributed by atoms with Gasteiger partial charge in [-0.05, 0) is 42.0 Å². The molecule has 0 unspecified atom stereocenters. The molecule has 1 radical (unpaired) electrons. The first-order valence-corrected chi connectivity index (χ1v) is 8.52. The zero-order valence-electron chi connectivity index (χ0n) is 15.5. The summed E-state index contributed by atoms with van der Waals surface area (Å²) in [5.41, 5.74) is 1.89. The third-order valence-corrected chi connectivity index (χ3v) is 4.30. The smallest absolute Gasteiger partial charge is 0.343 e. The van der Waals surface area contributed by atoms with Crippen LogP contribution in [0.3, 0.4) is 0 Å². The van der Waals surface area contributed by atoms with Crippen LogP contribution in [0.4, 0.5) is 0 Å². The molecule has 0 aromatic heterocycles. The Kier molecular flexibility index (Phi) is 8.09. The van der Waals surface area contributed by atoms with Crippen LogP contribution >= 0.6 is 0 Å². The quantitative estimate of drug-likeness (QED) is 0.229. The Hall–Kier alpha value is -2.30. The summed E-state index contributed by atoms with van der Waals surface area (Å²) in [7, 11) is 3.31. The van der Waals surface area contributed by atoms with Crippen molar-refractivity contribution in [3.05, 3.63) is 103 Å². The second kappa shape index (κ2) is 10.3. The van der Waals surface area contributed by atoms with E-state index in [0.717, 1.165) is 5.56 Å². The molecule has 1 atom stereocenters. The normalized spacial score (nSPS) is 11.1. The average molecular weight is 448 g/mol. The molecule has 0 fully saturated rings. The number of Topliss-reactive ketones (excluding diaryl/α,β-unsaturated/α-hetero) is 1. The van der Waals surface area contributed by atoms with Gasteiger partial charge in [0.25, 0.3) is 0 Å². The molecule has 0 spiro atoms. The number of rotatable bonds is 6. The first kappa shape index (κ1) is 22.0. The van der Waals surface area contributed by atoms with Gasteiger partial charge in [-0.2, -0.15) is 7.11 Å². The van der Waals surface area contributed by atoms with Gasteiger partial charge >= 0.3 is 5.97 Å². The van der Waals surface area contributed by atoms with E-state index in [2.05, 4.69) is 7.11 Å². The summed E-state index contributed by atoms with van der Waals surface area (Å²) in [4.78, 5) is 24.9. The molecular weight excluding hydrogens is 429 g/mol. The standard InChI is InChI=1S/C23H19O4.Y/c1-16(17-6-4-3-5-7-17)22(24)18-8-10-19(11-9-18)23(25)27-21-14-12-20(26-2)13-15-21;/h3-16H,2H2,1H3;/q-1;/t16-;/m0./s1. The van der Waals surface area contributed by atoms with Crippen LogP contribution in [0.2, 0.25) is 0 Å². The van der Waals surface area contributed by atoms with Gasteiger partial charge in [-0.15, -0.1) is 0 Å². The molecule has 0 aliphatic heterocycles. The van der Waals surface area contributed by atoms with Crippen LogP contribution < -0.4 is 9.47 Å². The van der Waals surface area contributed by atoms with Gasteiger partial charge in [0.1, 0.15) is 5.75 Å². The van der Waals surface area contributed by atoms with Crippen molar-refractivity contribution in [1.82, 2.24) is 0 Å². The summed E-state index contributed by atoms with van der Waals surface area (Å²) in [6.07, 6.45) is 0. The minimum atomic E-state index is -0.492. The number of hydrogen-bond donors (Lipinski definition) is 0. The van der Waals surface area contributed by atoms with E-state index in [0.29, 0.717) is 22.6 Å². The Labute approximate surface area is 189 Å². The monoisotopic (exact) mass is 448 g/mol. The van der Waals surface area contributed by atoms with E-state index < -0.39 is 5.97 Å². The molecule has 139 valence electrons. The molecule has 0 aliphatic rings. The van der Waals surface area contributed by atoms with Gasteiger partial charge in [0.15, 0.2) is 5.78 Å². The predicted molar refractivity (Wildman–Crippen MR) is 103 cm³/mol. The number of esters is 1.